The Morgan fingerprint density at radius 1 is 0.545 bits per heavy atom. The van der Waals surface area contributed by atoms with E-state index in [0.29, 0.717) is 37.0 Å². The first kappa shape index (κ1) is 38.5. The molecule has 0 aromatic carbocycles. The maximum absolute atomic E-state index is 9.98. The van der Waals surface area contributed by atoms with Crippen LogP contribution in [0.5, 0.6) is 0 Å². The Bertz CT molecular complexity index is 388. The van der Waals surface area contributed by atoms with Crippen LogP contribution in [0.3, 0.4) is 0 Å². The second-order valence-corrected chi connectivity index (χ2v) is 9.06. The Balaban J connectivity index is -0.000000172. The standard InChI is InChI=1S/3C7H14O2.C3H8O3/c3*1-6(2)4-3-5-7(8)9;4-1-3(6)2-5/h3*6H,3-5H2,1-2H3,(H,8,9);3-6H,1-2H2. The SMILES string of the molecule is CC(C)CCCC(=O)O.CC(C)CCCC(=O)O.CC(C)CCCC(=O)O.OCC(O)CO. The van der Waals surface area contributed by atoms with Crippen LogP contribution in [0.4, 0.5) is 0 Å². The van der Waals surface area contributed by atoms with Crippen molar-refractivity contribution >= 4 is 17.9 Å². The Labute approximate surface area is 199 Å². The first-order valence-electron chi connectivity index (χ1n) is 11.7. The fourth-order valence-electron chi connectivity index (χ4n) is 2.04. The first-order chi connectivity index (χ1) is 15.2. The summed E-state index contributed by atoms with van der Waals surface area (Å²) in [5.41, 5.74) is 0. The van der Waals surface area contributed by atoms with E-state index in [2.05, 4.69) is 41.5 Å². The molecule has 0 aliphatic rings. The van der Waals surface area contributed by atoms with Crippen LogP contribution in [-0.4, -0.2) is 67.9 Å². The number of aliphatic hydroxyl groups excluding tert-OH is 3. The molecule has 0 bridgehead atoms. The summed E-state index contributed by atoms with van der Waals surface area (Å²) in [6, 6.07) is 0. The van der Waals surface area contributed by atoms with Gasteiger partial charge in [-0.15, -0.1) is 0 Å². The summed E-state index contributed by atoms with van der Waals surface area (Å²) in [4.78, 5) is 29.9. The van der Waals surface area contributed by atoms with Gasteiger partial charge < -0.3 is 30.6 Å². The molecule has 0 rings (SSSR count). The highest BCUT2D eigenvalue weighted by molar-refractivity contribution is 5.67. The van der Waals surface area contributed by atoms with Crippen LogP contribution in [0.15, 0.2) is 0 Å². The molecule has 0 aliphatic carbocycles. The summed E-state index contributed by atoms with van der Waals surface area (Å²) in [7, 11) is 0. The molecule has 0 amide bonds. The molecule has 0 atom stereocenters. The van der Waals surface area contributed by atoms with Crippen molar-refractivity contribution < 1.29 is 45.0 Å². The summed E-state index contributed by atoms with van der Waals surface area (Å²) >= 11 is 0. The molecule has 6 N–H and O–H groups in total. The maximum Gasteiger partial charge on any atom is 0.303 e. The van der Waals surface area contributed by atoms with Crippen molar-refractivity contribution in [3.63, 3.8) is 0 Å². The molecule has 0 aliphatic heterocycles. The molecule has 0 fully saturated rings. The van der Waals surface area contributed by atoms with E-state index in [0.717, 1.165) is 38.5 Å². The summed E-state index contributed by atoms with van der Waals surface area (Å²) in [5, 5.41) is 48.7. The third-order valence-corrected chi connectivity index (χ3v) is 3.94. The van der Waals surface area contributed by atoms with E-state index < -0.39 is 24.0 Å². The highest BCUT2D eigenvalue weighted by Crippen LogP contribution is 2.06. The third-order valence-electron chi connectivity index (χ3n) is 3.94. The van der Waals surface area contributed by atoms with Gasteiger partial charge in [-0.2, -0.15) is 0 Å². The molecule has 0 unspecified atom stereocenters. The molecule has 33 heavy (non-hydrogen) atoms. The summed E-state index contributed by atoms with van der Waals surface area (Å²) < 4.78 is 0. The zero-order chi connectivity index (χ0) is 26.8. The largest absolute Gasteiger partial charge is 0.481 e. The number of aliphatic carboxylic acids is 3. The summed E-state index contributed by atoms with van der Waals surface area (Å²) in [6.07, 6.45) is 5.50. The molecule has 200 valence electrons. The number of rotatable bonds is 14. The van der Waals surface area contributed by atoms with E-state index in [9.17, 15) is 14.4 Å². The van der Waals surface area contributed by atoms with E-state index in [1.165, 1.54) is 0 Å². The average molecular weight is 483 g/mol. The van der Waals surface area contributed by atoms with Crippen molar-refractivity contribution in [1.82, 2.24) is 0 Å². The van der Waals surface area contributed by atoms with E-state index in [4.69, 9.17) is 30.6 Å². The second kappa shape index (κ2) is 28.3. The summed E-state index contributed by atoms with van der Waals surface area (Å²) in [6.45, 7) is 11.9. The minimum absolute atomic E-state index is 0.318. The van der Waals surface area contributed by atoms with Crippen LogP contribution in [0.25, 0.3) is 0 Å². The molecule has 0 radical (unpaired) electrons. The van der Waals surface area contributed by atoms with E-state index in [-0.39, 0.29) is 13.2 Å². The minimum atomic E-state index is -0.954. The normalized spacial score (nSPS) is 10.1. The van der Waals surface area contributed by atoms with Crippen molar-refractivity contribution in [2.45, 2.75) is 105 Å². The summed E-state index contributed by atoms with van der Waals surface area (Å²) in [5.74, 6) is -0.167. The van der Waals surface area contributed by atoms with Gasteiger partial charge in [-0.1, -0.05) is 60.8 Å². The van der Waals surface area contributed by atoms with Crippen molar-refractivity contribution in [2.75, 3.05) is 13.2 Å². The van der Waals surface area contributed by atoms with E-state index in [1.807, 2.05) is 0 Å². The highest BCUT2D eigenvalue weighted by atomic mass is 16.4. The van der Waals surface area contributed by atoms with Crippen LogP contribution < -0.4 is 0 Å². The van der Waals surface area contributed by atoms with Crippen molar-refractivity contribution in [2.24, 2.45) is 17.8 Å². The lowest BCUT2D eigenvalue weighted by molar-refractivity contribution is -0.138. The van der Waals surface area contributed by atoms with Gasteiger partial charge in [-0.25, -0.2) is 0 Å². The highest BCUT2D eigenvalue weighted by Gasteiger charge is 1.99. The number of carboxylic acids is 3. The topological polar surface area (TPSA) is 173 Å². The van der Waals surface area contributed by atoms with Gasteiger partial charge in [0.05, 0.1) is 13.2 Å². The first-order valence-corrected chi connectivity index (χ1v) is 11.7. The second-order valence-electron chi connectivity index (χ2n) is 9.06. The predicted octanol–water partition coefficient (Wildman–Crippen LogP) is 4.02. The smallest absolute Gasteiger partial charge is 0.303 e. The van der Waals surface area contributed by atoms with E-state index in [1.54, 1.807) is 0 Å². The van der Waals surface area contributed by atoms with E-state index >= 15 is 0 Å². The van der Waals surface area contributed by atoms with Gasteiger partial charge in [-0.3, -0.25) is 14.4 Å². The molecule has 0 aromatic heterocycles. The van der Waals surface area contributed by atoms with Gasteiger partial charge in [-0.05, 0) is 37.0 Å². The zero-order valence-electron chi connectivity index (χ0n) is 21.5. The van der Waals surface area contributed by atoms with Crippen LogP contribution >= 0.6 is 0 Å². The van der Waals surface area contributed by atoms with Gasteiger partial charge in [0.25, 0.3) is 0 Å². The molecule has 0 spiro atoms. The minimum Gasteiger partial charge on any atom is -0.481 e. The van der Waals surface area contributed by atoms with Crippen LogP contribution in [0.2, 0.25) is 0 Å². The lowest BCUT2D eigenvalue weighted by Gasteiger charge is -1.99. The number of carbonyl (C=O) groups is 3. The Morgan fingerprint density at radius 2 is 0.758 bits per heavy atom. The quantitative estimate of drug-likeness (QED) is 0.214. The van der Waals surface area contributed by atoms with Crippen LogP contribution in [-0.2, 0) is 14.4 Å². The van der Waals surface area contributed by atoms with Gasteiger partial charge in [0.1, 0.15) is 6.10 Å². The van der Waals surface area contributed by atoms with Crippen molar-refractivity contribution in [3.05, 3.63) is 0 Å². The van der Waals surface area contributed by atoms with Gasteiger partial charge in [0, 0.05) is 19.3 Å². The number of hydrogen-bond donors (Lipinski definition) is 6. The number of carboxylic acid groups (broad SMARTS) is 3. The molecular formula is C24H50O9. The molecule has 9 nitrogen and oxygen atoms in total. The molecule has 0 saturated heterocycles. The maximum atomic E-state index is 9.98. The lowest BCUT2D eigenvalue weighted by Crippen LogP contribution is -2.15. The monoisotopic (exact) mass is 482 g/mol. The van der Waals surface area contributed by atoms with Gasteiger partial charge >= 0.3 is 17.9 Å². The van der Waals surface area contributed by atoms with Gasteiger partial charge in [0.2, 0.25) is 0 Å². The Kier molecular flexibility index (Phi) is 33.1. The number of hydrogen-bond acceptors (Lipinski definition) is 6. The average Bonchev–Trinajstić information content (AvgIpc) is 2.67. The Morgan fingerprint density at radius 3 is 0.848 bits per heavy atom. The molecule has 0 heterocycles. The third kappa shape index (κ3) is 58.9. The van der Waals surface area contributed by atoms with Crippen molar-refractivity contribution in [3.8, 4) is 0 Å². The fourth-order valence-corrected chi connectivity index (χ4v) is 2.04. The molecule has 0 aromatic rings. The van der Waals surface area contributed by atoms with Gasteiger partial charge in [0.15, 0.2) is 0 Å². The Hall–Kier alpha value is -1.71. The zero-order valence-corrected chi connectivity index (χ0v) is 21.5. The number of aliphatic hydroxyl groups is 3. The fraction of sp³-hybridized carbons (Fsp3) is 0.875. The van der Waals surface area contributed by atoms with Crippen molar-refractivity contribution in [1.29, 1.82) is 0 Å². The van der Waals surface area contributed by atoms with Crippen LogP contribution in [0, 0.1) is 17.8 Å². The molecule has 9 heteroatoms. The molecule has 0 saturated carbocycles. The molecular weight excluding hydrogens is 432 g/mol. The van der Waals surface area contributed by atoms with Crippen LogP contribution in [0.1, 0.15) is 99.3 Å². The predicted molar refractivity (Wildman–Crippen MR) is 129 cm³/mol. The lowest BCUT2D eigenvalue weighted by atomic mass is 10.1.